The topological polar surface area (TPSA) is 93.1 Å². The number of rotatable bonds is 29. The van der Waals surface area contributed by atoms with Crippen LogP contribution in [0.5, 0.6) is 0 Å². The fourth-order valence-corrected chi connectivity index (χ4v) is 4.49. The van der Waals surface area contributed by atoms with Gasteiger partial charge in [0, 0.05) is 19.5 Å². The predicted molar refractivity (Wildman–Crippen MR) is 154 cm³/mol. The Labute approximate surface area is 233 Å². The van der Waals surface area contributed by atoms with Gasteiger partial charge >= 0.3 is 11.9 Å². The first-order chi connectivity index (χ1) is 18.5. The highest BCUT2D eigenvalue weighted by Gasteiger charge is 2.13. The fourth-order valence-electron chi connectivity index (χ4n) is 4.49. The minimum absolute atomic E-state index is 0.100. The van der Waals surface area contributed by atoms with Crippen LogP contribution in [-0.2, 0) is 23.9 Å². The second-order valence-electron chi connectivity index (χ2n) is 10.5. The maximum atomic E-state index is 12.9. The van der Waals surface area contributed by atoms with Crippen molar-refractivity contribution in [2.24, 2.45) is 0 Å². The Morgan fingerprint density at radius 3 is 1.58 bits per heavy atom. The molecule has 7 heteroatoms. The van der Waals surface area contributed by atoms with Crippen LogP contribution in [0.2, 0.25) is 0 Å². The minimum atomic E-state index is -1.02. The number of carbonyl (C=O) groups is 3. The highest BCUT2D eigenvalue weighted by molar-refractivity contribution is 5.76. The average Bonchev–Trinajstić information content (AvgIpc) is 2.90. The summed E-state index contributed by atoms with van der Waals surface area (Å²) in [5, 5.41) is 8.61. The molecule has 1 N–H and O–H groups in total. The first-order valence-corrected chi connectivity index (χ1v) is 15.7. The van der Waals surface area contributed by atoms with Crippen molar-refractivity contribution in [3.8, 4) is 0 Å². The molecule has 0 aliphatic rings. The number of carboxylic acid groups (broad SMARTS) is 1. The Morgan fingerprint density at radius 2 is 1.05 bits per heavy atom. The van der Waals surface area contributed by atoms with E-state index in [-0.39, 0.29) is 32.0 Å². The van der Waals surface area contributed by atoms with E-state index in [1.807, 2.05) is 4.90 Å². The van der Waals surface area contributed by atoms with Gasteiger partial charge in [-0.1, -0.05) is 117 Å². The minimum Gasteiger partial charge on any atom is -0.481 e. The first-order valence-electron chi connectivity index (χ1n) is 15.7. The van der Waals surface area contributed by atoms with Crippen molar-refractivity contribution < 1.29 is 29.0 Å². The van der Waals surface area contributed by atoms with Gasteiger partial charge in [-0.05, 0) is 12.8 Å². The zero-order chi connectivity index (χ0) is 28.1. The van der Waals surface area contributed by atoms with E-state index in [2.05, 4.69) is 13.8 Å². The molecule has 38 heavy (non-hydrogen) atoms. The summed E-state index contributed by atoms with van der Waals surface area (Å²) in [6, 6.07) is 0. The number of hydrogen-bond acceptors (Lipinski definition) is 5. The van der Waals surface area contributed by atoms with Gasteiger partial charge in [-0.25, -0.2) is 0 Å². The fraction of sp³-hybridized carbons (Fsp3) is 0.903. The number of carbonyl (C=O) groups excluding carboxylic acids is 2. The molecular formula is C31H59NO6. The molecule has 0 fully saturated rings. The molecular weight excluding hydrogens is 482 g/mol. The van der Waals surface area contributed by atoms with Gasteiger partial charge in [0.1, 0.15) is 6.61 Å². The second-order valence-corrected chi connectivity index (χ2v) is 10.5. The van der Waals surface area contributed by atoms with E-state index in [1.54, 1.807) is 0 Å². The SMILES string of the molecule is CCCCCCCCCCCCN(CCOCCOC(=O)CCC(=O)O)C(=O)CCCCCCCCCC. The standard InChI is InChI=1S/C31H59NO6/c1-3-5-7-9-11-13-14-16-18-20-24-32(29(33)21-19-17-15-12-10-8-6-4-2)25-26-37-27-28-38-31(36)23-22-30(34)35/h3-28H2,1-2H3,(H,34,35). The molecule has 0 aromatic rings. The summed E-state index contributed by atoms with van der Waals surface area (Å²) in [4.78, 5) is 36.8. The molecule has 224 valence electrons. The van der Waals surface area contributed by atoms with E-state index < -0.39 is 11.9 Å². The number of carboxylic acids is 1. The number of aliphatic carboxylic acids is 1. The van der Waals surface area contributed by atoms with Gasteiger partial charge in [0.25, 0.3) is 0 Å². The number of unbranched alkanes of at least 4 members (excludes halogenated alkanes) is 16. The Kier molecular flexibility index (Phi) is 27.2. The van der Waals surface area contributed by atoms with Crippen molar-refractivity contribution in [2.45, 2.75) is 149 Å². The lowest BCUT2D eigenvalue weighted by molar-refractivity contribution is -0.148. The van der Waals surface area contributed by atoms with Crippen LogP contribution in [0.25, 0.3) is 0 Å². The quantitative estimate of drug-likeness (QED) is 0.0770. The van der Waals surface area contributed by atoms with Gasteiger partial charge in [0.2, 0.25) is 5.91 Å². The van der Waals surface area contributed by atoms with Crippen LogP contribution in [-0.4, -0.2) is 60.8 Å². The van der Waals surface area contributed by atoms with Crippen LogP contribution in [0.1, 0.15) is 149 Å². The van der Waals surface area contributed by atoms with E-state index in [1.165, 1.54) is 89.9 Å². The van der Waals surface area contributed by atoms with Crippen molar-refractivity contribution in [2.75, 3.05) is 32.9 Å². The normalized spacial score (nSPS) is 11.0. The van der Waals surface area contributed by atoms with Crippen LogP contribution in [0.15, 0.2) is 0 Å². The molecule has 0 unspecified atom stereocenters. The summed E-state index contributed by atoms with van der Waals surface area (Å²) in [7, 11) is 0. The zero-order valence-electron chi connectivity index (χ0n) is 24.8. The summed E-state index contributed by atoms with van der Waals surface area (Å²) in [5.74, 6) is -1.33. The molecule has 0 aliphatic heterocycles. The average molecular weight is 542 g/mol. The molecule has 0 heterocycles. The maximum absolute atomic E-state index is 12.9. The summed E-state index contributed by atoms with van der Waals surface area (Å²) in [5.41, 5.74) is 0. The van der Waals surface area contributed by atoms with Crippen molar-refractivity contribution in [3.05, 3.63) is 0 Å². The molecule has 0 spiro atoms. The second kappa shape index (κ2) is 28.4. The lowest BCUT2D eigenvalue weighted by atomic mass is 10.1. The van der Waals surface area contributed by atoms with Crippen molar-refractivity contribution >= 4 is 17.8 Å². The predicted octanol–water partition coefficient (Wildman–Crippen LogP) is 7.69. The lowest BCUT2D eigenvalue weighted by Crippen LogP contribution is -2.35. The molecule has 7 nitrogen and oxygen atoms in total. The number of nitrogens with zero attached hydrogens (tertiary/aromatic N) is 1. The molecule has 0 rings (SSSR count). The van der Waals surface area contributed by atoms with E-state index in [0.29, 0.717) is 19.6 Å². The third kappa shape index (κ3) is 26.0. The third-order valence-corrected chi connectivity index (χ3v) is 6.92. The molecule has 0 atom stereocenters. The molecule has 0 aliphatic carbocycles. The van der Waals surface area contributed by atoms with Crippen molar-refractivity contribution in [1.82, 2.24) is 4.90 Å². The summed E-state index contributed by atoms with van der Waals surface area (Å²) in [6.07, 6.45) is 22.7. The first kappa shape index (κ1) is 36.4. The van der Waals surface area contributed by atoms with Crippen molar-refractivity contribution in [3.63, 3.8) is 0 Å². The Morgan fingerprint density at radius 1 is 0.553 bits per heavy atom. The lowest BCUT2D eigenvalue weighted by Gasteiger charge is -2.23. The van der Waals surface area contributed by atoms with Gasteiger partial charge in [0.05, 0.1) is 26.1 Å². The monoisotopic (exact) mass is 541 g/mol. The maximum Gasteiger partial charge on any atom is 0.306 e. The highest BCUT2D eigenvalue weighted by atomic mass is 16.6. The van der Waals surface area contributed by atoms with E-state index >= 15 is 0 Å². The van der Waals surface area contributed by atoms with Crippen LogP contribution in [0, 0.1) is 0 Å². The van der Waals surface area contributed by atoms with Crippen LogP contribution in [0.3, 0.4) is 0 Å². The smallest absolute Gasteiger partial charge is 0.306 e. The van der Waals surface area contributed by atoms with Crippen LogP contribution < -0.4 is 0 Å². The van der Waals surface area contributed by atoms with Crippen LogP contribution in [0.4, 0.5) is 0 Å². The van der Waals surface area contributed by atoms with Gasteiger partial charge in [0.15, 0.2) is 0 Å². The zero-order valence-corrected chi connectivity index (χ0v) is 24.8. The Hall–Kier alpha value is -1.63. The number of ether oxygens (including phenoxy) is 2. The number of hydrogen-bond donors (Lipinski definition) is 1. The number of amides is 1. The van der Waals surface area contributed by atoms with E-state index in [0.717, 1.165) is 32.2 Å². The van der Waals surface area contributed by atoms with Crippen LogP contribution >= 0.6 is 0 Å². The van der Waals surface area contributed by atoms with Gasteiger partial charge < -0.3 is 19.5 Å². The molecule has 0 saturated heterocycles. The highest BCUT2D eigenvalue weighted by Crippen LogP contribution is 2.13. The van der Waals surface area contributed by atoms with Crippen molar-refractivity contribution in [1.29, 1.82) is 0 Å². The molecule has 0 bridgehead atoms. The van der Waals surface area contributed by atoms with E-state index in [4.69, 9.17) is 14.6 Å². The summed E-state index contributed by atoms with van der Waals surface area (Å²) >= 11 is 0. The molecule has 0 radical (unpaired) electrons. The largest absolute Gasteiger partial charge is 0.481 e. The molecule has 0 aromatic heterocycles. The van der Waals surface area contributed by atoms with Gasteiger partial charge in [-0.15, -0.1) is 0 Å². The third-order valence-electron chi connectivity index (χ3n) is 6.92. The number of esters is 1. The Balaban J connectivity index is 4.17. The summed E-state index contributed by atoms with van der Waals surface area (Å²) in [6.45, 7) is 6.58. The van der Waals surface area contributed by atoms with Gasteiger partial charge in [-0.2, -0.15) is 0 Å². The van der Waals surface area contributed by atoms with E-state index in [9.17, 15) is 14.4 Å². The molecule has 0 aromatic carbocycles. The summed E-state index contributed by atoms with van der Waals surface area (Å²) < 4.78 is 10.6. The Bertz CT molecular complexity index is 569. The molecule has 1 amide bonds. The van der Waals surface area contributed by atoms with Gasteiger partial charge in [-0.3, -0.25) is 14.4 Å². The molecule has 0 saturated carbocycles.